The Labute approximate surface area is 155 Å². The molecule has 2 aromatic rings. The van der Waals surface area contributed by atoms with Crippen molar-refractivity contribution < 1.29 is 19.2 Å². The van der Waals surface area contributed by atoms with Crippen molar-refractivity contribution in [2.75, 3.05) is 13.6 Å². The molecule has 0 aliphatic rings. The molecule has 2 rings (SSSR count). The van der Waals surface area contributed by atoms with Gasteiger partial charge in [0.05, 0.1) is 11.5 Å². The van der Waals surface area contributed by atoms with E-state index in [1.165, 1.54) is 9.58 Å². The summed E-state index contributed by atoms with van der Waals surface area (Å²) in [5.74, 6) is -0.967. The average Bonchev–Trinajstić information content (AvgIpc) is 3.04. The lowest BCUT2D eigenvalue weighted by Gasteiger charge is -2.17. The molecule has 0 saturated carbocycles. The number of aromatic nitrogens is 2. The van der Waals surface area contributed by atoms with Gasteiger partial charge in [-0.15, -0.1) is 0 Å². The number of likely N-dealkylation sites (N-methyl/N-ethyl adjacent to an activating group) is 1. The van der Waals surface area contributed by atoms with Gasteiger partial charge in [0.1, 0.15) is 12.3 Å². The number of carbonyl (C=O) groups is 2. The van der Waals surface area contributed by atoms with Crippen LogP contribution in [0.15, 0.2) is 30.3 Å². The van der Waals surface area contributed by atoms with Gasteiger partial charge in [-0.2, -0.15) is 5.10 Å². The molecule has 10 nitrogen and oxygen atoms in total. The summed E-state index contributed by atoms with van der Waals surface area (Å²) in [6.07, 6.45) is -0.243. The van der Waals surface area contributed by atoms with Gasteiger partial charge in [-0.05, 0) is 12.0 Å². The summed E-state index contributed by atoms with van der Waals surface area (Å²) in [5.41, 5.74) is 5.55. The number of nitrogens with two attached hydrogens (primary N) is 1. The van der Waals surface area contributed by atoms with Gasteiger partial charge < -0.3 is 15.4 Å². The Bertz CT molecular complexity index is 834. The quantitative estimate of drug-likeness (QED) is 0.551. The van der Waals surface area contributed by atoms with Crippen LogP contribution in [-0.4, -0.2) is 45.2 Å². The lowest BCUT2D eigenvalue weighted by molar-refractivity contribution is -0.385. The van der Waals surface area contributed by atoms with Crippen LogP contribution in [0, 0.1) is 10.1 Å². The molecular weight excluding hydrogens is 354 g/mol. The van der Waals surface area contributed by atoms with Gasteiger partial charge in [-0.3, -0.25) is 19.6 Å². The molecule has 0 bridgehead atoms. The fraction of sp³-hybridized carbons (Fsp3) is 0.353. The van der Waals surface area contributed by atoms with Crippen LogP contribution in [0.25, 0.3) is 0 Å². The highest BCUT2D eigenvalue weighted by Gasteiger charge is 2.30. The van der Waals surface area contributed by atoms with Crippen molar-refractivity contribution in [2.24, 2.45) is 5.73 Å². The standard InChI is InChI=1S/C17H21N5O5/c1-3-13-15(22(25)26)14(16(18)23)19-21(13)10-9-20(2)17(24)27-11-12-7-5-4-6-8-12/h4-8H,3,9-11H2,1-2H3,(H2,18,23). The Morgan fingerprint density at radius 1 is 1.33 bits per heavy atom. The fourth-order valence-electron chi connectivity index (χ4n) is 2.55. The second kappa shape index (κ2) is 8.79. The molecule has 0 radical (unpaired) electrons. The van der Waals surface area contributed by atoms with Crippen molar-refractivity contribution >= 4 is 17.7 Å². The average molecular weight is 375 g/mol. The maximum Gasteiger partial charge on any atom is 0.409 e. The minimum Gasteiger partial charge on any atom is -0.445 e. The number of carbonyl (C=O) groups excluding carboxylic acids is 2. The van der Waals surface area contributed by atoms with Crippen molar-refractivity contribution in [2.45, 2.75) is 26.5 Å². The maximum atomic E-state index is 12.1. The van der Waals surface area contributed by atoms with E-state index in [1.807, 2.05) is 30.3 Å². The highest BCUT2D eigenvalue weighted by Crippen LogP contribution is 2.24. The first kappa shape index (κ1) is 19.9. The van der Waals surface area contributed by atoms with E-state index in [1.54, 1.807) is 14.0 Å². The number of benzene rings is 1. The Balaban J connectivity index is 2.02. The smallest absolute Gasteiger partial charge is 0.409 e. The molecule has 2 amide bonds. The highest BCUT2D eigenvalue weighted by molar-refractivity contribution is 5.95. The predicted molar refractivity (Wildman–Crippen MR) is 96.0 cm³/mol. The summed E-state index contributed by atoms with van der Waals surface area (Å²) in [5, 5.41) is 15.2. The first-order chi connectivity index (χ1) is 12.8. The van der Waals surface area contributed by atoms with Crippen LogP contribution in [0.2, 0.25) is 0 Å². The van der Waals surface area contributed by atoms with Crippen LogP contribution in [0.5, 0.6) is 0 Å². The van der Waals surface area contributed by atoms with Crippen molar-refractivity contribution in [3.05, 3.63) is 57.4 Å². The van der Waals surface area contributed by atoms with Crippen LogP contribution < -0.4 is 5.73 Å². The monoisotopic (exact) mass is 375 g/mol. The van der Waals surface area contributed by atoms with Crippen LogP contribution >= 0.6 is 0 Å². The second-order valence-corrected chi connectivity index (χ2v) is 5.80. The maximum absolute atomic E-state index is 12.1. The van der Waals surface area contributed by atoms with E-state index in [0.717, 1.165) is 5.56 Å². The zero-order chi connectivity index (χ0) is 20.0. The minimum atomic E-state index is -0.967. The molecule has 1 heterocycles. The van der Waals surface area contributed by atoms with E-state index >= 15 is 0 Å². The van der Waals surface area contributed by atoms with E-state index in [4.69, 9.17) is 10.5 Å². The van der Waals surface area contributed by atoms with E-state index in [9.17, 15) is 19.7 Å². The summed E-state index contributed by atoms with van der Waals surface area (Å²) in [4.78, 5) is 35.4. The molecule has 0 aliphatic carbocycles. The Kier molecular flexibility index (Phi) is 6.47. The van der Waals surface area contributed by atoms with Crippen molar-refractivity contribution in [3.63, 3.8) is 0 Å². The summed E-state index contributed by atoms with van der Waals surface area (Å²) in [6.45, 7) is 2.21. The third-order valence-corrected chi connectivity index (χ3v) is 3.94. The second-order valence-electron chi connectivity index (χ2n) is 5.80. The summed E-state index contributed by atoms with van der Waals surface area (Å²) in [6, 6.07) is 9.25. The molecule has 0 atom stereocenters. The van der Waals surface area contributed by atoms with Gasteiger partial charge in [-0.1, -0.05) is 37.3 Å². The molecule has 0 unspecified atom stereocenters. The highest BCUT2D eigenvalue weighted by atomic mass is 16.6. The lowest BCUT2D eigenvalue weighted by Crippen LogP contribution is -2.31. The number of amides is 2. The molecule has 0 saturated heterocycles. The number of nitrogens with zero attached hydrogens (tertiary/aromatic N) is 4. The number of hydrogen-bond donors (Lipinski definition) is 1. The number of primary amides is 1. The van der Waals surface area contributed by atoms with Crippen LogP contribution in [0.3, 0.4) is 0 Å². The Hall–Kier alpha value is -3.43. The van der Waals surface area contributed by atoms with E-state index < -0.39 is 16.9 Å². The van der Waals surface area contributed by atoms with Crippen molar-refractivity contribution in [1.29, 1.82) is 0 Å². The number of rotatable bonds is 8. The minimum absolute atomic E-state index is 0.142. The van der Waals surface area contributed by atoms with Crippen molar-refractivity contribution in [1.82, 2.24) is 14.7 Å². The molecule has 0 aliphatic heterocycles. The van der Waals surface area contributed by atoms with Gasteiger partial charge in [0.2, 0.25) is 5.69 Å². The van der Waals surface area contributed by atoms with Crippen LogP contribution in [0.4, 0.5) is 10.5 Å². The number of hydrogen-bond acceptors (Lipinski definition) is 6. The number of ether oxygens (including phenoxy) is 1. The summed E-state index contributed by atoms with van der Waals surface area (Å²) in [7, 11) is 1.55. The predicted octanol–water partition coefficient (Wildman–Crippen LogP) is 1.72. The van der Waals surface area contributed by atoms with Gasteiger partial charge in [-0.25, -0.2) is 4.79 Å². The van der Waals surface area contributed by atoms with Crippen LogP contribution in [-0.2, 0) is 24.3 Å². The van der Waals surface area contributed by atoms with E-state index in [-0.39, 0.29) is 36.8 Å². The van der Waals surface area contributed by atoms with Crippen molar-refractivity contribution in [3.8, 4) is 0 Å². The third-order valence-electron chi connectivity index (χ3n) is 3.94. The Morgan fingerprint density at radius 2 is 2.00 bits per heavy atom. The molecule has 10 heteroatoms. The first-order valence-electron chi connectivity index (χ1n) is 8.30. The van der Waals surface area contributed by atoms with Gasteiger partial charge >= 0.3 is 11.8 Å². The van der Waals surface area contributed by atoms with Crippen LogP contribution in [0.1, 0.15) is 28.7 Å². The molecule has 2 N–H and O–H groups in total. The zero-order valence-electron chi connectivity index (χ0n) is 15.1. The lowest BCUT2D eigenvalue weighted by atomic mass is 10.2. The van der Waals surface area contributed by atoms with Gasteiger partial charge in [0.25, 0.3) is 5.91 Å². The molecular formula is C17H21N5O5. The fourth-order valence-corrected chi connectivity index (χ4v) is 2.55. The van der Waals surface area contributed by atoms with E-state index in [0.29, 0.717) is 6.42 Å². The zero-order valence-corrected chi connectivity index (χ0v) is 15.1. The molecule has 1 aromatic heterocycles. The normalized spacial score (nSPS) is 10.4. The number of nitro groups is 1. The Morgan fingerprint density at radius 3 is 2.56 bits per heavy atom. The third kappa shape index (κ3) is 4.81. The summed E-state index contributed by atoms with van der Waals surface area (Å²) >= 11 is 0. The van der Waals surface area contributed by atoms with E-state index in [2.05, 4.69) is 5.10 Å². The summed E-state index contributed by atoms with van der Waals surface area (Å²) < 4.78 is 6.55. The largest absolute Gasteiger partial charge is 0.445 e. The van der Waals surface area contributed by atoms with Gasteiger partial charge in [0, 0.05) is 13.6 Å². The molecule has 0 fully saturated rings. The van der Waals surface area contributed by atoms with Gasteiger partial charge in [0.15, 0.2) is 0 Å². The molecule has 144 valence electrons. The molecule has 1 aromatic carbocycles. The SMILES string of the molecule is CCc1c([N+](=O)[O-])c(C(N)=O)nn1CCN(C)C(=O)OCc1ccccc1. The first-order valence-corrected chi connectivity index (χ1v) is 8.30. The molecule has 0 spiro atoms. The molecule has 27 heavy (non-hydrogen) atoms. The topological polar surface area (TPSA) is 134 Å².